The number of hydrogen-bond acceptors (Lipinski definition) is 4. The van der Waals surface area contributed by atoms with Gasteiger partial charge in [0, 0.05) is 18.6 Å². The van der Waals surface area contributed by atoms with E-state index in [1.54, 1.807) is 9.80 Å². The third-order valence-corrected chi connectivity index (χ3v) is 6.05. The van der Waals surface area contributed by atoms with Crippen molar-refractivity contribution in [1.82, 2.24) is 15.1 Å². The summed E-state index contributed by atoms with van der Waals surface area (Å²) in [4.78, 5) is 29.9. The normalized spacial score (nSPS) is 13.1. The van der Waals surface area contributed by atoms with Crippen LogP contribution in [-0.4, -0.2) is 64.4 Å². The lowest BCUT2D eigenvalue weighted by molar-refractivity contribution is 0.0162. The van der Waals surface area contributed by atoms with Crippen molar-refractivity contribution >= 4 is 12.1 Å². The molecule has 3 amide bonds. The van der Waals surface area contributed by atoms with Gasteiger partial charge in [-0.05, 0) is 50.7 Å². The van der Waals surface area contributed by atoms with Crippen molar-refractivity contribution in [3.8, 4) is 0 Å². The highest BCUT2D eigenvalue weighted by atomic mass is 16.6. The molecule has 0 fully saturated rings. The smallest absolute Gasteiger partial charge is 0.410 e. The van der Waals surface area contributed by atoms with Crippen LogP contribution in [0.1, 0.15) is 65.5 Å². The van der Waals surface area contributed by atoms with Crippen LogP contribution >= 0.6 is 0 Å². The van der Waals surface area contributed by atoms with E-state index >= 15 is 0 Å². The van der Waals surface area contributed by atoms with E-state index in [9.17, 15) is 14.7 Å². The summed E-state index contributed by atoms with van der Waals surface area (Å²) in [5.41, 5.74) is 1.52. The molecule has 2 aromatic carbocycles. The Kier molecular flexibility index (Phi) is 12.6. The van der Waals surface area contributed by atoms with Crippen molar-refractivity contribution in [2.75, 3.05) is 19.7 Å². The summed E-state index contributed by atoms with van der Waals surface area (Å²) in [6, 6.07) is 18.7. The van der Waals surface area contributed by atoms with E-state index in [1.165, 1.54) is 0 Å². The van der Waals surface area contributed by atoms with Crippen molar-refractivity contribution in [3.05, 3.63) is 71.8 Å². The Morgan fingerprint density at radius 1 is 0.947 bits per heavy atom. The van der Waals surface area contributed by atoms with Crippen LogP contribution in [0.25, 0.3) is 0 Å². The van der Waals surface area contributed by atoms with Gasteiger partial charge >= 0.3 is 12.1 Å². The molecule has 0 aliphatic heterocycles. The molecule has 0 unspecified atom stereocenters. The molecule has 0 spiro atoms. The predicted octanol–water partition coefficient (Wildman–Crippen LogP) is 5.86. The van der Waals surface area contributed by atoms with Crippen LogP contribution in [0.15, 0.2) is 60.7 Å². The molecule has 0 heterocycles. The number of aliphatic hydroxyl groups is 1. The Hall–Kier alpha value is -3.06. The fourth-order valence-corrected chi connectivity index (χ4v) is 4.22. The van der Waals surface area contributed by atoms with Crippen LogP contribution in [0, 0.1) is 5.92 Å². The van der Waals surface area contributed by atoms with Gasteiger partial charge in [0.1, 0.15) is 0 Å². The second-order valence-electron chi connectivity index (χ2n) is 11.4. The number of nitrogens with zero attached hydrogens (tertiary/aromatic N) is 2. The van der Waals surface area contributed by atoms with Gasteiger partial charge in [-0.1, -0.05) is 87.9 Å². The monoisotopic (exact) mass is 525 g/mol. The summed E-state index contributed by atoms with van der Waals surface area (Å²) in [6.45, 7) is 13.1. The fraction of sp³-hybridized carbons (Fsp3) is 0.548. The van der Waals surface area contributed by atoms with Crippen LogP contribution in [0.2, 0.25) is 0 Å². The summed E-state index contributed by atoms with van der Waals surface area (Å²) in [5.74, 6) is 0.208. The zero-order chi connectivity index (χ0) is 28.1. The first kappa shape index (κ1) is 31.2. The van der Waals surface area contributed by atoms with E-state index < -0.39 is 23.8 Å². The molecule has 210 valence electrons. The molecule has 7 nitrogen and oxygen atoms in total. The number of rotatable bonds is 13. The standard InChI is InChI=1S/C31H47N3O4/c1-7-8-19-38-30(37)34(22-26-17-13-10-14-18-26)27(20-25-15-11-9-12-16-25)28(35)23-33(21-24(2)3)29(36)32-31(4,5)6/h9-18,24,27-28,35H,7-8,19-23H2,1-6H3,(H,32,36)/t27-,28+/m0/s1. The van der Waals surface area contributed by atoms with E-state index in [2.05, 4.69) is 5.32 Å². The van der Waals surface area contributed by atoms with Gasteiger partial charge in [-0.25, -0.2) is 9.59 Å². The van der Waals surface area contributed by atoms with Gasteiger partial charge < -0.3 is 20.1 Å². The van der Waals surface area contributed by atoms with E-state index in [0.717, 1.165) is 24.0 Å². The minimum absolute atomic E-state index is 0.0884. The first-order valence-electron chi connectivity index (χ1n) is 13.8. The maximum atomic E-state index is 13.4. The summed E-state index contributed by atoms with van der Waals surface area (Å²) >= 11 is 0. The van der Waals surface area contributed by atoms with Gasteiger partial charge in [0.2, 0.25) is 0 Å². The number of urea groups is 1. The molecule has 7 heteroatoms. The van der Waals surface area contributed by atoms with E-state index in [0.29, 0.717) is 26.1 Å². The third kappa shape index (κ3) is 11.1. The highest BCUT2D eigenvalue weighted by Crippen LogP contribution is 2.20. The van der Waals surface area contributed by atoms with E-state index in [1.807, 2.05) is 102 Å². The van der Waals surface area contributed by atoms with Gasteiger partial charge in [-0.3, -0.25) is 4.90 Å². The van der Waals surface area contributed by atoms with Crippen molar-refractivity contribution in [2.24, 2.45) is 5.92 Å². The Morgan fingerprint density at radius 3 is 2.05 bits per heavy atom. The van der Waals surface area contributed by atoms with E-state index in [-0.39, 0.29) is 18.5 Å². The number of aliphatic hydroxyl groups excluding tert-OH is 1. The van der Waals surface area contributed by atoms with E-state index in [4.69, 9.17) is 4.74 Å². The van der Waals surface area contributed by atoms with Gasteiger partial charge in [-0.15, -0.1) is 0 Å². The number of unbranched alkanes of at least 4 members (excludes halogenated alkanes) is 1. The lowest BCUT2D eigenvalue weighted by atomic mass is 9.98. The van der Waals surface area contributed by atoms with Crippen LogP contribution in [-0.2, 0) is 17.7 Å². The maximum Gasteiger partial charge on any atom is 0.410 e. The molecule has 2 aromatic rings. The minimum atomic E-state index is -0.998. The molecule has 0 bridgehead atoms. The van der Waals surface area contributed by atoms with Crippen LogP contribution in [0.4, 0.5) is 9.59 Å². The molecule has 0 aliphatic rings. The highest BCUT2D eigenvalue weighted by molar-refractivity contribution is 5.75. The summed E-state index contributed by atoms with van der Waals surface area (Å²) in [5, 5.41) is 14.7. The van der Waals surface area contributed by atoms with Crippen molar-refractivity contribution in [1.29, 1.82) is 0 Å². The average Bonchev–Trinajstić information content (AvgIpc) is 2.85. The largest absolute Gasteiger partial charge is 0.449 e. The second-order valence-corrected chi connectivity index (χ2v) is 11.4. The molecule has 38 heavy (non-hydrogen) atoms. The van der Waals surface area contributed by atoms with Gasteiger partial charge in [0.25, 0.3) is 0 Å². The van der Waals surface area contributed by atoms with Gasteiger partial charge in [0.05, 0.1) is 25.3 Å². The molecule has 0 aromatic heterocycles. The highest BCUT2D eigenvalue weighted by Gasteiger charge is 2.34. The summed E-state index contributed by atoms with van der Waals surface area (Å²) in [6.07, 6.45) is 0.647. The Labute approximate surface area is 229 Å². The van der Waals surface area contributed by atoms with Crippen LogP contribution < -0.4 is 5.32 Å². The molecule has 0 aliphatic carbocycles. The lowest BCUT2D eigenvalue weighted by Gasteiger charge is -2.37. The van der Waals surface area contributed by atoms with Crippen LogP contribution in [0.3, 0.4) is 0 Å². The Balaban J connectivity index is 2.41. The Morgan fingerprint density at radius 2 is 1.53 bits per heavy atom. The number of benzene rings is 2. The Bertz CT molecular complexity index is 960. The summed E-state index contributed by atoms with van der Waals surface area (Å²) in [7, 11) is 0. The molecule has 2 N–H and O–H groups in total. The van der Waals surface area contributed by atoms with Gasteiger partial charge in [0.15, 0.2) is 0 Å². The SMILES string of the molecule is CCCCOC(=O)N(Cc1ccccc1)[C@@H](Cc1ccccc1)[C@H](O)CN(CC(C)C)C(=O)NC(C)(C)C. The number of hydrogen-bond donors (Lipinski definition) is 2. The molecule has 0 saturated heterocycles. The number of carbonyl (C=O) groups is 2. The predicted molar refractivity (Wildman–Crippen MR) is 153 cm³/mol. The molecule has 0 saturated carbocycles. The topological polar surface area (TPSA) is 82.1 Å². The molecular weight excluding hydrogens is 478 g/mol. The molecule has 2 atom stereocenters. The van der Waals surface area contributed by atoms with Crippen molar-refractivity contribution in [2.45, 2.75) is 85.0 Å². The number of nitrogens with one attached hydrogen (secondary N) is 1. The molecule has 0 radical (unpaired) electrons. The zero-order valence-electron chi connectivity index (χ0n) is 24.0. The summed E-state index contributed by atoms with van der Waals surface area (Å²) < 4.78 is 5.65. The van der Waals surface area contributed by atoms with Crippen LogP contribution in [0.5, 0.6) is 0 Å². The number of carbonyl (C=O) groups excluding carboxylic acids is 2. The van der Waals surface area contributed by atoms with Gasteiger partial charge in [-0.2, -0.15) is 0 Å². The lowest BCUT2D eigenvalue weighted by Crippen LogP contribution is -2.56. The van der Waals surface area contributed by atoms with Crippen molar-refractivity contribution in [3.63, 3.8) is 0 Å². The number of amides is 3. The first-order valence-corrected chi connectivity index (χ1v) is 13.8. The number of ether oxygens (including phenoxy) is 1. The average molecular weight is 526 g/mol. The second kappa shape index (κ2) is 15.4. The first-order chi connectivity index (χ1) is 18.0. The molecule has 2 rings (SSSR count). The zero-order valence-corrected chi connectivity index (χ0v) is 24.0. The fourth-order valence-electron chi connectivity index (χ4n) is 4.22. The molecular formula is C31H47N3O4. The minimum Gasteiger partial charge on any atom is -0.449 e. The third-order valence-electron chi connectivity index (χ3n) is 6.05. The maximum absolute atomic E-state index is 13.4. The quantitative estimate of drug-likeness (QED) is 0.321. The van der Waals surface area contributed by atoms with Crippen molar-refractivity contribution < 1.29 is 19.4 Å².